The molecule has 1 atom stereocenters. The lowest BCUT2D eigenvalue weighted by molar-refractivity contribution is 0.0689. The molecular weight excluding hydrogens is 240 g/mol. The lowest BCUT2D eigenvalue weighted by Gasteiger charge is -2.26. The second-order valence-corrected chi connectivity index (χ2v) is 6.71. The molecule has 1 unspecified atom stereocenters. The molecule has 2 rings (SSSR count). The number of H-pyrrole nitrogens is 1. The van der Waals surface area contributed by atoms with Gasteiger partial charge in [-0.2, -0.15) is 0 Å². The Morgan fingerprint density at radius 3 is 2.63 bits per heavy atom. The van der Waals surface area contributed by atoms with E-state index in [1.807, 2.05) is 4.90 Å². The highest BCUT2D eigenvalue weighted by molar-refractivity contribution is 5.90. The molecule has 19 heavy (non-hydrogen) atoms. The fraction of sp³-hybridized carbons (Fsp3) is 0.786. The largest absolute Gasteiger partial charge is 0.333 e. The van der Waals surface area contributed by atoms with Gasteiger partial charge in [-0.25, -0.2) is 4.98 Å². The van der Waals surface area contributed by atoms with Crippen LogP contribution in [-0.2, 0) is 5.41 Å². The molecule has 1 saturated heterocycles. The van der Waals surface area contributed by atoms with Crippen molar-refractivity contribution in [2.24, 2.45) is 5.92 Å². The highest BCUT2D eigenvalue weighted by atomic mass is 16.2. The number of nitrogens with one attached hydrogen (secondary N) is 1. The lowest BCUT2D eigenvalue weighted by atomic mass is 9.96. The first-order chi connectivity index (χ1) is 8.80. The van der Waals surface area contributed by atoms with Crippen molar-refractivity contribution in [1.82, 2.24) is 20.1 Å². The lowest BCUT2D eigenvalue weighted by Crippen LogP contribution is -2.39. The van der Waals surface area contributed by atoms with E-state index in [4.69, 9.17) is 0 Å². The van der Waals surface area contributed by atoms with Gasteiger partial charge < -0.3 is 4.90 Å². The van der Waals surface area contributed by atoms with Crippen molar-refractivity contribution in [3.05, 3.63) is 11.6 Å². The van der Waals surface area contributed by atoms with Crippen molar-refractivity contribution in [2.45, 2.75) is 58.9 Å². The summed E-state index contributed by atoms with van der Waals surface area (Å²) in [5, 5.41) is 6.98. The number of carbonyl (C=O) groups is 1. The Balaban J connectivity index is 2.18. The van der Waals surface area contributed by atoms with Crippen LogP contribution in [0, 0.1) is 5.92 Å². The number of aromatic amines is 1. The molecule has 1 aliphatic rings. The Kier molecular flexibility index (Phi) is 3.65. The summed E-state index contributed by atoms with van der Waals surface area (Å²) in [6.45, 7) is 11.3. The van der Waals surface area contributed by atoms with E-state index in [1.165, 1.54) is 0 Å². The van der Waals surface area contributed by atoms with Crippen LogP contribution in [0.1, 0.15) is 63.9 Å². The third-order valence-corrected chi connectivity index (χ3v) is 3.72. The van der Waals surface area contributed by atoms with Crippen molar-refractivity contribution in [2.75, 3.05) is 6.54 Å². The van der Waals surface area contributed by atoms with Gasteiger partial charge in [0.2, 0.25) is 5.82 Å². The maximum atomic E-state index is 12.5. The molecule has 5 heteroatoms. The highest BCUT2D eigenvalue weighted by Gasteiger charge is 2.33. The smallest absolute Gasteiger partial charge is 0.293 e. The molecule has 0 spiro atoms. The molecule has 0 saturated carbocycles. The van der Waals surface area contributed by atoms with Crippen LogP contribution >= 0.6 is 0 Å². The van der Waals surface area contributed by atoms with E-state index >= 15 is 0 Å². The average Bonchev–Trinajstić information content (AvgIpc) is 2.96. The van der Waals surface area contributed by atoms with E-state index < -0.39 is 0 Å². The van der Waals surface area contributed by atoms with Crippen LogP contribution in [0.2, 0.25) is 0 Å². The van der Waals surface area contributed by atoms with Crippen LogP contribution in [0.3, 0.4) is 0 Å². The number of rotatable bonds is 2. The van der Waals surface area contributed by atoms with Gasteiger partial charge in [0, 0.05) is 18.0 Å². The Bertz CT molecular complexity index is 458. The fourth-order valence-electron chi connectivity index (χ4n) is 2.56. The van der Waals surface area contributed by atoms with Crippen LogP contribution in [0.5, 0.6) is 0 Å². The molecule has 1 amide bonds. The normalized spacial score (nSPS) is 20.3. The zero-order valence-corrected chi connectivity index (χ0v) is 12.5. The fourth-order valence-corrected chi connectivity index (χ4v) is 2.56. The van der Waals surface area contributed by atoms with Crippen molar-refractivity contribution < 1.29 is 4.79 Å². The average molecular weight is 264 g/mol. The van der Waals surface area contributed by atoms with Crippen molar-refractivity contribution >= 4 is 5.91 Å². The first-order valence-corrected chi connectivity index (χ1v) is 7.04. The van der Waals surface area contributed by atoms with Crippen molar-refractivity contribution in [3.63, 3.8) is 0 Å². The maximum absolute atomic E-state index is 12.5. The first-order valence-electron chi connectivity index (χ1n) is 7.04. The number of likely N-dealkylation sites (tertiary alicyclic amines) is 1. The van der Waals surface area contributed by atoms with Crippen LogP contribution < -0.4 is 0 Å². The van der Waals surface area contributed by atoms with Gasteiger partial charge in [-0.1, -0.05) is 34.6 Å². The first kappa shape index (κ1) is 14.0. The second-order valence-electron chi connectivity index (χ2n) is 6.71. The highest BCUT2D eigenvalue weighted by Crippen LogP contribution is 2.25. The van der Waals surface area contributed by atoms with Crippen molar-refractivity contribution in [1.29, 1.82) is 0 Å². The molecule has 1 N–H and O–H groups in total. The van der Waals surface area contributed by atoms with Gasteiger partial charge in [-0.05, 0) is 18.8 Å². The van der Waals surface area contributed by atoms with Crippen LogP contribution in [0.25, 0.3) is 0 Å². The molecule has 1 aliphatic heterocycles. The van der Waals surface area contributed by atoms with E-state index in [-0.39, 0.29) is 11.3 Å². The molecule has 0 bridgehead atoms. The number of carbonyl (C=O) groups excluding carboxylic acids is 1. The molecule has 5 nitrogen and oxygen atoms in total. The topological polar surface area (TPSA) is 61.9 Å². The summed E-state index contributed by atoms with van der Waals surface area (Å²) in [6, 6.07) is 0.323. The predicted octanol–water partition coefficient (Wildman–Crippen LogP) is 2.36. The predicted molar refractivity (Wildman–Crippen MR) is 74.0 cm³/mol. The van der Waals surface area contributed by atoms with Gasteiger partial charge in [0.1, 0.15) is 5.82 Å². The van der Waals surface area contributed by atoms with Gasteiger partial charge in [-0.3, -0.25) is 9.89 Å². The maximum Gasteiger partial charge on any atom is 0.293 e. The summed E-state index contributed by atoms with van der Waals surface area (Å²) in [5.41, 5.74) is -0.117. The van der Waals surface area contributed by atoms with Gasteiger partial charge in [-0.15, -0.1) is 5.10 Å². The minimum absolute atomic E-state index is 0.0389. The molecule has 0 radical (unpaired) electrons. The Hall–Kier alpha value is -1.39. The van der Waals surface area contributed by atoms with Gasteiger partial charge in [0.05, 0.1) is 0 Å². The van der Waals surface area contributed by atoms with Crippen LogP contribution in [-0.4, -0.2) is 38.6 Å². The second kappa shape index (κ2) is 4.94. The molecule has 0 aliphatic carbocycles. The molecule has 1 aromatic rings. The van der Waals surface area contributed by atoms with E-state index in [2.05, 4.69) is 49.8 Å². The number of hydrogen-bond acceptors (Lipinski definition) is 3. The van der Waals surface area contributed by atoms with Gasteiger partial charge >= 0.3 is 0 Å². The third kappa shape index (κ3) is 2.80. The molecule has 1 fully saturated rings. The minimum atomic E-state index is -0.117. The Morgan fingerprint density at radius 1 is 1.42 bits per heavy atom. The molecule has 1 aromatic heterocycles. The van der Waals surface area contributed by atoms with E-state index in [9.17, 15) is 4.79 Å². The molecule has 0 aromatic carbocycles. The van der Waals surface area contributed by atoms with E-state index in [0.717, 1.165) is 25.2 Å². The monoisotopic (exact) mass is 264 g/mol. The summed E-state index contributed by atoms with van der Waals surface area (Å²) < 4.78 is 0. The number of hydrogen-bond donors (Lipinski definition) is 1. The van der Waals surface area contributed by atoms with Crippen LogP contribution in [0.15, 0.2) is 0 Å². The Labute approximate surface area is 114 Å². The zero-order chi connectivity index (χ0) is 14.2. The molecule has 106 valence electrons. The van der Waals surface area contributed by atoms with Crippen molar-refractivity contribution in [3.8, 4) is 0 Å². The van der Waals surface area contributed by atoms with Crippen LogP contribution in [0.4, 0.5) is 0 Å². The summed E-state index contributed by atoms with van der Waals surface area (Å²) >= 11 is 0. The third-order valence-electron chi connectivity index (χ3n) is 3.72. The molecule has 2 heterocycles. The summed E-state index contributed by atoms with van der Waals surface area (Å²) in [5.74, 6) is 1.50. The SMILES string of the molecule is CC(C)C1CCCN1C(=O)c1n[nH]c(C(C)(C)C)n1. The summed E-state index contributed by atoms with van der Waals surface area (Å²) in [4.78, 5) is 18.8. The summed E-state index contributed by atoms with van der Waals surface area (Å²) in [7, 11) is 0. The van der Waals surface area contributed by atoms with Gasteiger partial charge in [0.25, 0.3) is 5.91 Å². The van der Waals surface area contributed by atoms with E-state index in [1.54, 1.807) is 0 Å². The van der Waals surface area contributed by atoms with Gasteiger partial charge in [0.15, 0.2) is 0 Å². The minimum Gasteiger partial charge on any atom is -0.333 e. The number of nitrogens with zero attached hydrogens (tertiary/aromatic N) is 3. The molecular formula is C14H24N4O. The standard InChI is InChI=1S/C14H24N4O/c1-9(2)10-7-6-8-18(10)12(19)11-15-13(17-16-11)14(3,4)5/h9-10H,6-8H2,1-5H3,(H,15,16,17). The number of aromatic nitrogens is 3. The zero-order valence-electron chi connectivity index (χ0n) is 12.5. The summed E-state index contributed by atoms with van der Waals surface area (Å²) in [6.07, 6.45) is 2.16. The number of amides is 1. The Morgan fingerprint density at radius 2 is 2.11 bits per heavy atom. The quantitative estimate of drug-likeness (QED) is 0.892. The van der Waals surface area contributed by atoms with E-state index in [0.29, 0.717) is 17.8 Å².